The summed E-state index contributed by atoms with van der Waals surface area (Å²) in [6, 6.07) is -0.153. The van der Waals surface area contributed by atoms with Crippen LogP contribution in [-0.2, 0) is 9.53 Å². The van der Waals surface area contributed by atoms with Crippen molar-refractivity contribution >= 4 is 17.7 Å². The smallest absolute Gasteiger partial charge is 0.237 e. The van der Waals surface area contributed by atoms with Crippen LogP contribution >= 0.6 is 11.8 Å². The summed E-state index contributed by atoms with van der Waals surface area (Å²) in [7, 11) is 1.62. The first-order chi connectivity index (χ1) is 8.19. The van der Waals surface area contributed by atoms with E-state index in [1.807, 2.05) is 11.8 Å². The molecule has 5 heteroatoms. The van der Waals surface area contributed by atoms with Gasteiger partial charge in [-0.1, -0.05) is 12.8 Å². The molecule has 0 heterocycles. The molecule has 1 aliphatic carbocycles. The number of hydrogen-bond donors (Lipinski definition) is 2. The highest BCUT2D eigenvalue weighted by molar-refractivity contribution is 7.99. The van der Waals surface area contributed by atoms with E-state index in [1.54, 1.807) is 7.11 Å². The van der Waals surface area contributed by atoms with Gasteiger partial charge in [-0.15, -0.1) is 0 Å². The molecule has 1 rings (SSSR count). The van der Waals surface area contributed by atoms with E-state index in [0.717, 1.165) is 6.42 Å². The van der Waals surface area contributed by atoms with Gasteiger partial charge in [-0.3, -0.25) is 4.79 Å². The minimum absolute atomic E-state index is 0.0343. The lowest BCUT2D eigenvalue weighted by Gasteiger charge is -2.31. The molecule has 4 nitrogen and oxygen atoms in total. The lowest BCUT2D eigenvalue weighted by Crippen LogP contribution is -2.50. The van der Waals surface area contributed by atoms with E-state index in [-0.39, 0.29) is 5.91 Å². The molecule has 0 radical (unpaired) electrons. The fraction of sp³-hybridized carbons (Fsp3) is 0.917. The van der Waals surface area contributed by atoms with Crippen LogP contribution in [-0.4, -0.2) is 43.2 Å². The van der Waals surface area contributed by atoms with E-state index in [1.165, 1.54) is 19.3 Å². The molecule has 1 fully saturated rings. The Hall–Kier alpha value is -0.260. The van der Waals surface area contributed by atoms with E-state index >= 15 is 0 Å². The summed E-state index contributed by atoms with van der Waals surface area (Å²) in [4.78, 5) is 11.9. The Balaban J connectivity index is 2.37. The third kappa shape index (κ3) is 4.85. The predicted molar refractivity (Wildman–Crippen MR) is 72.2 cm³/mol. The first-order valence-electron chi connectivity index (χ1n) is 6.26. The summed E-state index contributed by atoms with van der Waals surface area (Å²) in [5, 5.41) is 3.63. The van der Waals surface area contributed by atoms with Crippen LogP contribution in [0.5, 0.6) is 0 Å². The van der Waals surface area contributed by atoms with Gasteiger partial charge in [0.05, 0.1) is 6.04 Å². The molecule has 0 aliphatic heterocycles. The van der Waals surface area contributed by atoms with Crippen LogP contribution in [0.15, 0.2) is 0 Å². The van der Waals surface area contributed by atoms with Gasteiger partial charge >= 0.3 is 0 Å². The third-order valence-electron chi connectivity index (χ3n) is 3.30. The first kappa shape index (κ1) is 14.8. The van der Waals surface area contributed by atoms with E-state index in [4.69, 9.17) is 10.5 Å². The number of nitrogens with two attached hydrogens (primary N) is 1. The maximum atomic E-state index is 11.9. The summed E-state index contributed by atoms with van der Waals surface area (Å²) in [5.74, 6) is -0.0343. The zero-order chi connectivity index (χ0) is 12.7. The van der Waals surface area contributed by atoms with Crippen LogP contribution < -0.4 is 11.1 Å². The molecule has 0 bridgehead atoms. The van der Waals surface area contributed by atoms with Crippen molar-refractivity contribution in [2.24, 2.45) is 5.73 Å². The summed E-state index contributed by atoms with van der Waals surface area (Å²) in [5.41, 5.74) is 5.81. The van der Waals surface area contributed by atoms with Gasteiger partial charge in [-0.25, -0.2) is 0 Å². The molecule has 1 saturated carbocycles. The van der Waals surface area contributed by atoms with Crippen LogP contribution in [0.3, 0.4) is 0 Å². The fourth-order valence-electron chi connectivity index (χ4n) is 2.21. The molecule has 0 spiro atoms. The maximum absolute atomic E-state index is 11.9. The molecule has 0 saturated heterocycles. The number of amides is 1. The second kappa shape index (κ2) is 7.95. The molecule has 1 aliphatic rings. The van der Waals surface area contributed by atoms with Gasteiger partial charge in [0.25, 0.3) is 0 Å². The zero-order valence-corrected chi connectivity index (χ0v) is 11.6. The van der Waals surface area contributed by atoms with Gasteiger partial charge in [0, 0.05) is 25.0 Å². The van der Waals surface area contributed by atoms with Crippen molar-refractivity contribution in [2.45, 2.75) is 49.4 Å². The van der Waals surface area contributed by atoms with Gasteiger partial charge in [-0.05, 0) is 25.5 Å². The quantitative estimate of drug-likeness (QED) is 0.752. The minimum Gasteiger partial charge on any atom is -0.385 e. The molecule has 17 heavy (non-hydrogen) atoms. The Morgan fingerprint density at radius 1 is 1.53 bits per heavy atom. The van der Waals surface area contributed by atoms with Crippen LogP contribution in [0, 0.1) is 0 Å². The van der Waals surface area contributed by atoms with Crippen molar-refractivity contribution in [2.75, 3.05) is 20.0 Å². The summed E-state index contributed by atoms with van der Waals surface area (Å²) in [6.45, 7) is 0.533. The number of thioether (sulfide) groups is 1. The number of carbonyl (C=O) groups is 1. The molecule has 3 N–H and O–H groups in total. The lowest BCUT2D eigenvalue weighted by atomic mass is 9.94. The molecule has 0 aromatic heterocycles. The molecular weight excluding hydrogens is 236 g/mol. The molecule has 100 valence electrons. The molecular formula is C12H24N2O2S. The van der Waals surface area contributed by atoms with Crippen LogP contribution in [0.2, 0.25) is 0 Å². The van der Waals surface area contributed by atoms with Crippen molar-refractivity contribution < 1.29 is 9.53 Å². The van der Waals surface area contributed by atoms with E-state index < -0.39 is 6.04 Å². The Morgan fingerprint density at radius 3 is 2.88 bits per heavy atom. The van der Waals surface area contributed by atoms with Gasteiger partial charge in [0.1, 0.15) is 0 Å². The van der Waals surface area contributed by atoms with Crippen LogP contribution in [0.25, 0.3) is 0 Å². The van der Waals surface area contributed by atoms with Gasteiger partial charge in [-0.2, -0.15) is 11.8 Å². The number of hydrogen-bond acceptors (Lipinski definition) is 4. The molecule has 3 unspecified atom stereocenters. The Morgan fingerprint density at radius 2 is 2.24 bits per heavy atom. The largest absolute Gasteiger partial charge is 0.385 e. The molecule has 0 aromatic rings. The number of nitrogens with one attached hydrogen (secondary N) is 1. The van der Waals surface area contributed by atoms with E-state index in [0.29, 0.717) is 24.3 Å². The summed E-state index contributed by atoms with van der Waals surface area (Å²) in [6.07, 6.45) is 7.44. The van der Waals surface area contributed by atoms with Crippen molar-refractivity contribution in [1.82, 2.24) is 5.32 Å². The Labute approximate surface area is 108 Å². The van der Waals surface area contributed by atoms with Crippen LogP contribution in [0.4, 0.5) is 0 Å². The second-order valence-electron chi connectivity index (χ2n) is 4.56. The lowest BCUT2D eigenvalue weighted by molar-refractivity contribution is -0.123. The Bertz CT molecular complexity index is 239. The summed E-state index contributed by atoms with van der Waals surface area (Å²) >= 11 is 1.85. The number of rotatable bonds is 6. The number of methoxy groups -OCH3 is 1. The topological polar surface area (TPSA) is 64.3 Å². The number of ether oxygens (including phenoxy) is 1. The van der Waals surface area contributed by atoms with Crippen LogP contribution in [0.1, 0.15) is 32.1 Å². The molecule has 0 aromatic carbocycles. The monoisotopic (exact) mass is 260 g/mol. The number of carbonyl (C=O) groups excluding carboxylic acids is 1. The maximum Gasteiger partial charge on any atom is 0.237 e. The zero-order valence-electron chi connectivity index (χ0n) is 10.8. The Kier molecular flexibility index (Phi) is 6.92. The average Bonchev–Trinajstić information content (AvgIpc) is 2.36. The van der Waals surface area contributed by atoms with Crippen molar-refractivity contribution in [3.63, 3.8) is 0 Å². The molecule has 3 atom stereocenters. The summed E-state index contributed by atoms with van der Waals surface area (Å²) < 4.78 is 4.93. The fourth-order valence-corrected chi connectivity index (χ4v) is 3.14. The average molecular weight is 260 g/mol. The first-order valence-corrected chi connectivity index (χ1v) is 7.55. The molecule has 1 amide bonds. The highest BCUT2D eigenvalue weighted by Crippen LogP contribution is 2.27. The highest BCUT2D eigenvalue weighted by Gasteiger charge is 2.27. The van der Waals surface area contributed by atoms with Gasteiger partial charge < -0.3 is 15.8 Å². The highest BCUT2D eigenvalue weighted by atomic mass is 32.2. The van der Waals surface area contributed by atoms with Crippen molar-refractivity contribution in [3.8, 4) is 0 Å². The van der Waals surface area contributed by atoms with Crippen molar-refractivity contribution in [3.05, 3.63) is 0 Å². The van der Waals surface area contributed by atoms with E-state index in [9.17, 15) is 4.79 Å². The van der Waals surface area contributed by atoms with Gasteiger partial charge in [0.15, 0.2) is 0 Å². The second-order valence-corrected chi connectivity index (χ2v) is 5.64. The SMILES string of the molecule is COCCC(N)C(=O)NC1CCCCC1SC. The minimum atomic E-state index is -0.445. The third-order valence-corrected chi connectivity index (χ3v) is 4.47. The van der Waals surface area contributed by atoms with E-state index in [2.05, 4.69) is 11.6 Å². The van der Waals surface area contributed by atoms with Gasteiger partial charge in [0.2, 0.25) is 5.91 Å². The standard InChI is InChI=1S/C12H24N2O2S/c1-16-8-7-9(13)12(15)14-10-5-3-4-6-11(10)17-2/h9-11H,3-8,13H2,1-2H3,(H,14,15). The van der Waals surface area contributed by atoms with Crippen molar-refractivity contribution in [1.29, 1.82) is 0 Å². The predicted octanol–water partition coefficient (Wildman–Crippen LogP) is 1.14. The normalized spacial score (nSPS) is 26.5.